The molecule has 1 saturated carbocycles. The average molecular weight is 505 g/mol. The molecule has 7 heteroatoms. The largest absolute Gasteiger partial charge is 0.508 e. The van der Waals surface area contributed by atoms with Crippen LogP contribution in [0.4, 0.5) is 0 Å². The Labute approximate surface area is 220 Å². The highest BCUT2D eigenvalue weighted by Gasteiger charge is 2.21. The van der Waals surface area contributed by atoms with Crippen LogP contribution >= 0.6 is 0 Å². The zero-order valence-corrected chi connectivity index (χ0v) is 22.1. The van der Waals surface area contributed by atoms with Gasteiger partial charge in [0.15, 0.2) is 0 Å². The molecule has 2 aromatic carbocycles. The van der Waals surface area contributed by atoms with Crippen LogP contribution < -0.4 is 5.32 Å². The SMILES string of the molecule is CC(C)c1cc(-c2ncc(CNC3CCCCC3)n2-c2ccc(CN3CCOCC3)cc2)c(O)cc1O. The van der Waals surface area contributed by atoms with E-state index in [4.69, 9.17) is 9.72 Å². The lowest BCUT2D eigenvalue weighted by atomic mass is 9.95. The first kappa shape index (κ1) is 25.8. The number of nitrogens with one attached hydrogen (secondary N) is 1. The molecule has 1 saturated heterocycles. The molecule has 1 aromatic heterocycles. The molecule has 3 N–H and O–H groups in total. The van der Waals surface area contributed by atoms with Crippen LogP contribution in [0, 0.1) is 0 Å². The second kappa shape index (κ2) is 11.7. The molecule has 1 aliphatic heterocycles. The number of rotatable bonds is 8. The molecule has 7 nitrogen and oxygen atoms in total. The second-order valence-corrected chi connectivity index (χ2v) is 10.8. The van der Waals surface area contributed by atoms with Crippen LogP contribution in [0.1, 0.15) is 68.7 Å². The number of phenolic OH excluding ortho intramolecular Hbond substituents is 2. The highest BCUT2D eigenvalue weighted by atomic mass is 16.5. The van der Waals surface area contributed by atoms with Crippen LogP contribution in [0.3, 0.4) is 0 Å². The summed E-state index contributed by atoms with van der Waals surface area (Å²) < 4.78 is 7.63. The fourth-order valence-electron chi connectivity index (χ4n) is 5.55. The second-order valence-electron chi connectivity index (χ2n) is 10.8. The minimum atomic E-state index is 0.0319. The summed E-state index contributed by atoms with van der Waals surface area (Å²) in [5.41, 5.74) is 4.76. The third kappa shape index (κ3) is 6.00. The van der Waals surface area contributed by atoms with Gasteiger partial charge in [-0.05, 0) is 48.1 Å². The Balaban J connectivity index is 1.48. The minimum Gasteiger partial charge on any atom is -0.508 e. The number of imidazole rings is 1. The van der Waals surface area contributed by atoms with Gasteiger partial charge in [0.2, 0.25) is 0 Å². The molecular weight excluding hydrogens is 464 g/mol. The lowest BCUT2D eigenvalue weighted by Crippen LogP contribution is -2.35. The van der Waals surface area contributed by atoms with Crippen LogP contribution in [-0.4, -0.2) is 57.0 Å². The Bertz CT molecular complexity index is 1180. The van der Waals surface area contributed by atoms with Gasteiger partial charge in [-0.15, -0.1) is 0 Å². The van der Waals surface area contributed by atoms with Crippen molar-refractivity contribution in [1.29, 1.82) is 0 Å². The summed E-state index contributed by atoms with van der Waals surface area (Å²) in [5, 5.41) is 25.0. The summed E-state index contributed by atoms with van der Waals surface area (Å²) in [6, 6.07) is 12.5. The van der Waals surface area contributed by atoms with E-state index in [1.165, 1.54) is 43.7 Å². The Morgan fingerprint density at radius 1 is 1.00 bits per heavy atom. The maximum absolute atomic E-state index is 10.8. The quantitative estimate of drug-likeness (QED) is 0.385. The minimum absolute atomic E-state index is 0.0319. The average Bonchev–Trinajstić information content (AvgIpc) is 3.32. The van der Waals surface area contributed by atoms with Crippen molar-refractivity contribution in [3.05, 3.63) is 59.4 Å². The monoisotopic (exact) mass is 504 g/mol. The summed E-state index contributed by atoms with van der Waals surface area (Å²) in [5.74, 6) is 0.945. The van der Waals surface area contributed by atoms with Gasteiger partial charge in [0.05, 0.1) is 30.7 Å². The van der Waals surface area contributed by atoms with Gasteiger partial charge in [0.25, 0.3) is 0 Å². The van der Waals surface area contributed by atoms with E-state index in [0.717, 1.165) is 49.8 Å². The number of morpholine rings is 1. The van der Waals surface area contributed by atoms with E-state index in [9.17, 15) is 10.2 Å². The Morgan fingerprint density at radius 3 is 2.43 bits per heavy atom. The predicted molar refractivity (Wildman–Crippen MR) is 146 cm³/mol. The topological polar surface area (TPSA) is 82.8 Å². The summed E-state index contributed by atoms with van der Waals surface area (Å²) in [4.78, 5) is 7.21. The fraction of sp³-hybridized carbons (Fsp3) is 0.500. The summed E-state index contributed by atoms with van der Waals surface area (Å²) in [7, 11) is 0. The van der Waals surface area contributed by atoms with Crippen molar-refractivity contribution in [2.24, 2.45) is 0 Å². The first-order valence-electron chi connectivity index (χ1n) is 13.7. The van der Waals surface area contributed by atoms with Crippen molar-refractivity contribution in [1.82, 2.24) is 19.8 Å². The molecule has 37 heavy (non-hydrogen) atoms. The summed E-state index contributed by atoms with van der Waals surface area (Å²) in [6.07, 6.45) is 8.24. The standard InChI is InChI=1S/C30H40N4O3/c1-21(2)26-16-27(29(36)17-28(26)35)30-32-19-25(18-31-23-6-4-3-5-7-23)34(30)24-10-8-22(9-11-24)20-33-12-14-37-15-13-33/h8-11,16-17,19,21,23,31,35-36H,3-7,12-15,18,20H2,1-2H3. The van der Waals surface area contributed by atoms with Gasteiger partial charge in [0, 0.05) is 44.0 Å². The van der Waals surface area contributed by atoms with Crippen LogP contribution in [0.15, 0.2) is 42.6 Å². The van der Waals surface area contributed by atoms with E-state index >= 15 is 0 Å². The molecular formula is C30H40N4O3. The first-order chi connectivity index (χ1) is 18.0. The molecule has 2 aliphatic rings. The van der Waals surface area contributed by atoms with Crippen molar-refractivity contribution < 1.29 is 14.9 Å². The van der Waals surface area contributed by atoms with E-state index in [-0.39, 0.29) is 17.4 Å². The molecule has 1 aliphatic carbocycles. The van der Waals surface area contributed by atoms with Gasteiger partial charge in [-0.1, -0.05) is 45.2 Å². The molecule has 198 valence electrons. The molecule has 0 spiro atoms. The van der Waals surface area contributed by atoms with E-state index in [1.807, 2.05) is 26.1 Å². The number of nitrogens with zero attached hydrogens (tertiary/aromatic N) is 3. The van der Waals surface area contributed by atoms with Crippen LogP contribution in [0.2, 0.25) is 0 Å². The van der Waals surface area contributed by atoms with Crippen molar-refractivity contribution in [3.63, 3.8) is 0 Å². The maximum Gasteiger partial charge on any atom is 0.148 e. The highest BCUT2D eigenvalue weighted by Crippen LogP contribution is 2.38. The van der Waals surface area contributed by atoms with Crippen molar-refractivity contribution >= 4 is 0 Å². The van der Waals surface area contributed by atoms with E-state index in [1.54, 1.807) is 0 Å². The number of aromatic nitrogens is 2. The van der Waals surface area contributed by atoms with E-state index in [0.29, 0.717) is 24.0 Å². The lowest BCUT2D eigenvalue weighted by Gasteiger charge is -2.26. The summed E-state index contributed by atoms with van der Waals surface area (Å²) >= 11 is 0. The molecule has 2 heterocycles. The van der Waals surface area contributed by atoms with Gasteiger partial charge >= 0.3 is 0 Å². The molecule has 0 unspecified atom stereocenters. The maximum atomic E-state index is 10.8. The molecule has 2 fully saturated rings. The molecule has 0 amide bonds. The number of phenols is 2. The van der Waals surface area contributed by atoms with Crippen LogP contribution in [0.5, 0.6) is 11.5 Å². The number of ether oxygens (including phenoxy) is 1. The van der Waals surface area contributed by atoms with Crippen LogP contribution in [-0.2, 0) is 17.8 Å². The third-order valence-electron chi connectivity index (χ3n) is 7.72. The summed E-state index contributed by atoms with van der Waals surface area (Å²) in [6.45, 7) is 9.20. The first-order valence-corrected chi connectivity index (χ1v) is 13.7. The zero-order chi connectivity index (χ0) is 25.8. The molecule has 3 aromatic rings. The normalized spacial score (nSPS) is 17.5. The number of hydrogen-bond acceptors (Lipinski definition) is 6. The zero-order valence-electron chi connectivity index (χ0n) is 22.1. The number of benzene rings is 2. The van der Waals surface area contributed by atoms with Crippen molar-refractivity contribution in [3.8, 4) is 28.6 Å². The van der Waals surface area contributed by atoms with Crippen molar-refractivity contribution in [2.75, 3.05) is 26.3 Å². The Kier molecular flexibility index (Phi) is 8.13. The van der Waals surface area contributed by atoms with Gasteiger partial charge in [-0.2, -0.15) is 0 Å². The van der Waals surface area contributed by atoms with E-state index in [2.05, 4.69) is 39.0 Å². The molecule has 0 radical (unpaired) electrons. The highest BCUT2D eigenvalue weighted by molar-refractivity contribution is 5.70. The predicted octanol–water partition coefficient (Wildman–Crippen LogP) is 5.33. The van der Waals surface area contributed by atoms with Gasteiger partial charge in [-0.25, -0.2) is 4.98 Å². The fourth-order valence-corrected chi connectivity index (χ4v) is 5.55. The Morgan fingerprint density at radius 2 is 1.73 bits per heavy atom. The number of hydrogen-bond donors (Lipinski definition) is 3. The van der Waals surface area contributed by atoms with Crippen LogP contribution in [0.25, 0.3) is 17.1 Å². The van der Waals surface area contributed by atoms with E-state index < -0.39 is 0 Å². The smallest absolute Gasteiger partial charge is 0.148 e. The number of aromatic hydroxyl groups is 2. The van der Waals surface area contributed by atoms with Gasteiger partial charge < -0.3 is 20.3 Å². The molecule has 0 atom stereocenters. The van der Waals surface area contributed by atoms with Gasteiger partial charge in [0.1, 0.15) is 17.3 Å². The Hall–Kier alpha value is -2.87. The lowest BCUT2D eigenvalue weighted by molar-refractivity contribution is 0.0342. The molecule has 0 bridgehead atoms. The van der Waals surface area contributed by atoms with Crippen molar-refractivity contribution in [2.45, 2.75) is 71.0 Å². The van der Waals surface area contributed by atoms with Gasteiger partial charge in [-0.3, -0.25) is 9.47 Å². The molecule has 5 rings (SSSR count). The third-order valence-corrected chi connectivity index (χ3v) is 7.72.